The maximum absolute atomic E-state index is 8.64. The highest BCUT2D eigenvalue weighted by atomic mass is 32.2. The molecule has 0 radical (unpaired) electrons. The minimum atomic E-state index is 0.608. The summed E-state index contributed by atoms with van der Waals surface area (Å²) in [5.41, 5.74) is 0.641. The molecule has 1 aromatic heterocycles. The van der Waals surface area contributed by atoms with Gasteiger partial charge >= 0.3 is 0 Å². The first-order chi connectivity index (χ1) is 8.38. The molecule has 0 aliphatic rings. The monoisotopic (exact) mass is 245 g/mol. The topological polar surface area (TPSA) is 61.7 Å². The molecule has 17 heavy (non-hydrogen) atoms. The number of benzene rings is 1. The van der Waals surface area contributed by atoms with Gasteiger partial charge in [-0.1, -0.05) is 11.8 Å². The minimum absolute atomic E-state index is 0.608. The van der Waals surface area contributed by atoms with Gasteiger partial charge in [-0.25, -0.2) is 4.98 Å². The van der Waals surface area contributed by atoms with Crippen LogP contribution >= 0.6 is 11.8 Å². The lowest BCUT2D eigenvalue weighted by Crippen LogP contribution is -2.00. The van der Waals surface area contributed by atoms with Gasteiger partial charge < -0.3 is 9.72 Å². The van der Waals surface area contributed by atoms with Crippen molar-refractivity contribution in [2.24, 2.45) is 0 Å². The van der Waals surface area contributed by atoms with Gasteiger partial charge in [-0.15, -0.1) is 0 Å². The summed E-state index contributed by atoms with van der Waals surface area (Å²) in [5.74, 6) is 1.61. The highest BCUT2D eigenvalue weighted by molar-refractivity contribution is 7.99. The van der Waals surface area contributed by atoms with Crippen LogP contribution in [0.15, 0.2) is 41.8 Å². The summed E-state index contributed by atoms with van der Waals surface area (Å²) < 4.78 is 5.53. The molecule has 0 saturated heterocycles. The van der Waals surface area contributed by atoms with Gasteiger partial charge in [0.2, 0.25) is 0 Å². The molecule has 0 unspecified atom stereocenters. The van der Waals surface area contributed by atoms with E-state index in [1.807, 2.05) is 0 Å². The van der Waals surface area contributed by atoms with Crippen molar-refractivity contribution >= 4 is 11.8 Å². The standard InChI is InChI=1S/C12H11N3OS/c13-9-10-1-3-11(4-2-10)16-7-8-17-12-14-5-6-15-12/h1-6H,7-8H2,(H,14,15). The largest absolute Gasteiger partial charge is 0.493 e. The maximum atomic E-state index is 8.64. The van der Waals surface area contributed by atoms with Gasteiger partial charge in [0.05, 0.1) is 18.2 Å². The molecule has 0 amide bonds. The van der Waals surface area contributed by atoms with E-state index in [0.29, 0.717) is 12.2 Å². The average Bonchev–Trinajstić information content (AvgIpc) is 2.88. The molecule has 86 valence electrons. The highest BCUT2D eigenvalue weighted by Gasteiger charge is 1.97. The average molecular weight is 245 g/mol. The zero-order chi connectivity index (χ0) is 11.9. The molecule has 2 aromatic rings. The highest BCUT2D eigenvalue weighted by Crippen LogP contribution is 2.14. The maximum Gasteiger partial charge on any atom is 0.165 e. The molecule has 0 saturated carbocycles. The van der Waals surface area contributed by atoms with E-state index in [1.165, 1.54) is 0 Å². The first kappa shape index (κ1) is 11.6. The number of ether oxygens (including phenoxy) is 1. The number of thioether (sulfide) groups is 1. The van der Waals surface area contributed by atoms with E-state index in [0.717, 1.165) is 16.7 Å². The Labute approximate surface area is 104 Å². The third-order valence-electron chi connectivity index (χ3n) is 2.05. The number of aromatic amines is 1. The number of rotatable bonds is 5. The Morgan fingerprint density at radius 3 is 2.82 bits per heavy atom. The van der Waals surface area contributed by atoms with Crippen LogP contribution in [0, 0.1) is 11.3 Å². The summed E-state index contributed by atoms with van der Waals surface area (Å²) in [5, 5.41) is 9.54. The molecule has 0 aliphatic carbocycles. The zero-order valence-corrected chi connectivity index (χ0v) is 9.91. The predicted molar refractivity (Wildman–Crippen MR) is 66.0 cm³/mol. The van der Waals surface area contributed by atoms with Crippen molar-refractivity contribution in [3.05, 3.63) is 42.2 Å². The van der Waals surface area contributed by atoms with Crippen LogP contribution in [0.3, 0.4) is 0 Å². The summed E-state index contributed by atoms with van der Waals surface area (Å²) in [6.45, 7) is 0.608. The quantitative estimate of drug-likeness (QED) is 0.649. The van der Waals surface area contributed by atoms with E-state index < -0.39 is 0 Å². The summed E-state index contributed by atoms with van der Waals surface area (Å²) in [6, 6.07) is 9.16. The zero-order valence-electron chi connectivity index (χ0n) is 9.09. The second kappa shape index (κ2) is 5.97. The number of aromatic nitrogens is 2. The molecule has 4 nitrogen and oxygen atoms in total. The number of hydrogen-bond donors (Lipinski definition) is 1. The van der Waals surface area contributed by atoms with Crippen molar-refractivity contribution in [3.63, 3.8) is 0 Å². The second-order valence-corrected chi connectivity index (χ2v) is 4.31. The van der Waals surface area contributed by atoms with Gasteiger partial charge in [-0.05, 0) is 24.3 Å². The summed E-state index contributed by atoms with van der Waals surface area (Å²) in [4.78, 5) is 7.11. The van der Waals surface area contributed by atoms with Crippen LogP contribution in [0.1, 0.15) is 5.56 Å². The molecule has 0 aliphatic heterocycles. The van der Waals surface area contributed by atoms with Gasteiger partial charge in [0.1, 0.15) is 5.75 Å². The molecular weight excluding hydrogens is 234 g/mol. The third-order valence-corrected chi connectivity index (χ3v) is 2.91. The van der Waals surface area contributed by atoms with Crippen molar-refractivity contribution in [1.82, 2.24) is 9.97 Å². The number of hydrogen-bond acceptors (Lipinski definition) is 4. The van der Waals surface area contributed by atoms with Crippen molar-refractivity contribution in [3.8, 4) is 11.8 Å². The fourth-order valence-corrected chi connectivity index (χ4v) is 1.90. The van der Waals surface area contributed by atoms with Gasteiger partial charge in [-0.2, -0.15) is 5.26 Å². The molecule has 5 heteroatoms. The number of nitriles is 1. The van der Waals surface area contributed by atoms with Gasteiger partial charge in [0, 0.05) is 18.1 Å². The normalized spacial score (nSPS) is 9.82. The SMILES string of the molecule is N#Cc1ccc(OCCSc2ncc[nH]2)cc1. The molecule has 0 atom stereocenters. The first-order valence-corrected chi connectivity index (χ1v) is 6.12. The third kappa shape index (κ3) is 3.54. The van der Waals surface area contributed by atoms with E-state index >= 15 is 0 Å². The van der Waals surface area contributed by atoms with Crippen LogP contribution in [-0.2, 0) is 0 Å². The molecule has 0 fully saturated rings. The van der Waals surface area contributed by atoms with Gasteiger partial charge in [-0.3, -0.25) is 0 Å². The Bertz CT molecular complexity index is 487. The molecule has 1 aromatic carbocycles. The van der Waals surface area contributed by atoms with Crippen molar-refractivity contribution in [2.75, 3.05) is 12.4 Å². The van der Waals surface area contributed by atoms with Crippen LogP contribution in [0.4, 0.5) is 0 Å². The number of nitrogens with one attached hydrogen (secondary N) is 1. The fraction of sp³-hybridized carbons (Fsp3) is 0.167. The lowest BCUT2D eigenvalue weighted by Gasteiger charge is -2.04. The second-order valence-electron chi connectivity index (χ2n) is 3.23. The minimum Gasteiger partial charge on any atom is -0.493 e. The summed E-state index contributed by atoms with van der Waals surface area (Å²) in [6.07, 6.45) is 3.52. The van der Waals surface area contributed by atoms with Crippen LogP contribution in [0.5, 0.6) is 5.75 Å². The van der Waals surface area contributed by atoms with E-state index in [9.17, 15) is 0 Å². The van der Waals surface area contributed by atoms with Crippen LogP contribution in [0.25, 0.3) is 0 Å². The Balaban J connectivity index is 1.73. The number of H-pyrrole nitrogens is 1. The van der Waals surface area contributed by atoms with E-state index in [4.69, 9.17) is 10.00 Å². The first-order valence-electron chi connectivity index (χ1n) is 5.13. The summed E-state index contributed by atoms with van der Waals surface area (Å²) in [7, 11) is 0. The summed E-state index contributed by atoms with van der Waals surface area (Å²) >= 11 is 1.61. The molecular formula is C12H11N3OS. The fourth-order valence-electron chi connectivity index (χ4n) is 1.25. The lowest BCUT2D eigenvalue weighted by atomic mass is 10.2. The number of imidazole rings is 1. The number of nitrogens with zero attached hydrogens (tertiary/aromatic N) is 2. The Morgan fingerprint density at radius 1 is 1.35 bits per heavy atom. The van der Waals surface area contributed by atoms with Gasteiger partial charge in [0.15, 0.2) is 5.16 Å². The smallest absolute Gasteiger partial charge is 0.165 e. The molecule has 2 rings (SSSR count). The molecule has 0 bridgehead atoms. The van der Waals surface area contributed by atoms with Crippen molar-refractivity contribution < 1.29 is 4.74 Å². The Morgan fingerprint density at radius 2 is 2.18 bits per heavy atom. The predicted octanol–water partition coefficient (Wildman–Crippen LogP) is 2.45. The van der Waals surface area contributed by atoms with E-state index in [-0.39, 0.29) is 0 Å². The molecule has 0 spiro atoms. The lowest BCUT2D eigenvalue weighted by molar-refractivity contribution is 0.344. The molecule has 1 heterocycles. The van der Waals surface area contributed by atoms with Crippen molar-refractivity contribution in [2.45, 2.75) is 5.16 Å². The molecule has 1 N–H and O–H groups in total. The van der Waals surface area contributed by atoms with Crippen LogP contribution in [0.2, 0.25) is 0 Å². The van der Waals surface area contributed by atoms with Crippen LogP contribution in [-0.4, -0.2) is 22.3 Å². The van der Waals surface area contributed by atoms with E-state index in [2.05, 4.69) is 16.0 Å². The Kier molecular flexibility index (Phi) is 4.05. The van der Waals surface area contributed by atoms with Gasteiger partial charge in [0.25, 0.3) is 0 Å². The van der Waals surface area contributed by atoms with Crippen molar-refractivity contribution in [1.29, 1.82) is 5.26 Å². The Hall–Kier alpha value is -1.93. The van der Waals surface area contributed by atoms with Crippen LogP contribution < -0.4 is 4.74 Å². The van der Waals surface area contributed by atoms with E-state index in [1.54, 1.807) is 48.4 Å².